The fraction of sp³-hybridized carbons (Fsp3) is 0.229. The van der Waals surface area contributed by atoms with E-state index in [9.17, 15) is 21.4 Å². The summed E-state index contributed by atoms with van der Waals surface area (Å²) in [5.41, 5.74) is 3.28. The number of benzene rings is 4. The zero-order valence-electron chi connectivity index (χ0n) is 28.7. The number of ether oxygens (including phenoxy) is 2. The van der Waals surface area contributed by atoms with Crippen molar-refractivity contribution in [2.45, 2.75) is 31.1 Å². The highest BCUT2D eigenvalue weighted by molar-refractivity contribution is 7.86. The molecule has 5 rings (SSSR count). The molecule has 276 valence electrons. The summed E-state index contributed by atoms with van der Waals surface area (Å²) in [6, 6.07) is 25.1. The molecule has 0 spiro atoms. The molecule has 0 aliphatic heterocycles. The number of aromatic nitrogens is 3. The average molecular weight is 761 g/mol. The fourth-order valence-electron chi connectivity index (χ4n) is 4.89. The van der Waals surface area contributed by atoms with E-state index in [0.29, 0.717) is 58.3 Å². The molecule has 0 saturated carbocycles. The summed E-state index contributed by atoms with van der Waals surface area (Å²) in [7, 11) is -7.02. The van der Waals surface area contributed by atoms with Gasteiger partial charge < -0.3 is 14.8 Å². The maximum atomic E-state index is 11.5. The number of azo groups is 2. The van der Waals surface area contributed by atoms with Crippen LogP contribution in [0, 0.1) is 0 Å². The van der Waals surface area contributed by atoms with E-state index in [-0.39, 0.29) is 36.5 Å². The molecule has 0 aliphatic rings. The smallest absolute Gasteiger partial charge is 0.294 e. The van der Waals surface area contributed by atoms with E-state index in [1.807, 2.05) is 43.3 Å². The van der Waals surface area contributed by atoms with E-state index >= 15 is 0 Å². The highest BCUT2D eigenvalue weighted by Gasteiger charge is 2.15. The van der Waals surface area contributed by atoms with Gasteiger partial charge in [0.25, 0.3) is 20.2 Å². The van der Waals surface area contributed by atoms with E-state index < -0.39 is 26.0 Å². The topological polar surface area (TPSA) is 227 Å². The van der Waals surface area contributed by atoms with E-state index in [1.165, 1.54) is 25.3 Å². The number of nitrogens with one attached hydrogen (secondary N) is 1. The number of hydrogen-bond donors (Lipinski definition) is 3. The molecule has 1 aromatic heterocycles. The minimum atomic E-state index is -4.39. The second kappa shape index (κ2) is 17.7. The van der Waals surface area contributed by atoms with Crippen molar-refractivity contribution in [3.8, 4) is 11.5 Å². The molecule has 53 heavy (non-hydrogen) atoms. The molecule has 3 N–H and O–H groups in total. The molecule has 0 amide bonds. The minimum Gasteiger partial charge on any atom is -0.496 e. The van der Waals surface area contributed by atoms with Crippen LogP contribution in [0.15, 0.2) is 116 Å². The predicted octanol–water partition coefficient (Wildman–Crippen LogP) is 7.23. The molecule has 0 saturated heterocycles. The van der Waals surface area contributed by atoms with Crippen LogP contribution in [0.4, 0.5) is 28.7 Å². The first kappa shape index (κ1) is 38.5. The summed E-state index contributed by atoms with van der Waals surface area (Å²) >= 11 is 0. The summed E-state index contributed by atoms with van der Waals surface area (Å²) in [6.07, 6.45) is 0.563. The molecule has 16 nitrogen and oxygen atoms in total. The Balaban J connectivity index is 1.39. The molecular weight excluding hydrogens is 725 g/mol. The van der Waals surface area contributed by atoms with Gasteiger partial charge in [-0.05, 0) is 55.8 Å². The van der Waals surface area contributed by atoms with Crippen LogP contribution in [0.5, 0.6) is 11.5 Å². The molecule has 4 aromatic carbocycles. The Hall–Kier alpha value is -5.69. The van der Waals surface area contributed by atoms with Gasteiger partial charge in [0.1, 0.15) is 23.1 Å². The first-order chi connectivity index (χ1) is 25.4. The van der Waals surface area contributed by atoms with E-state index in [0.717, 1.165) is 5.56 Å². The van der Waals surface area contributed by atoms with E-state index in [2.05, 4.69) is 35.7 Å². The Kier molecular flexibility index (Phi) is 12.9. The second-order valence-electron chi connectivity index (χ2n) is 11.4. The van der Waals surface area contributed by atoms with Gasteiger partial charge in [-0.3, -0.25) is 9.11 Å². The van der Waals surface area contributed by atoms with Gasteiger partial charge in [-0.25, -0.2) is 4.98 Å². The minimum absolute atomic E-state index is 0.0173. The van der Waals surface area contributed by atoms with Crippen LogP contribution in [-0.2, 0) is 33.1 Å². The average Bonchev–Trinajstić information content (AvgIpc) is 3.13. The highest BCUT2D eigenvalue weighted by atomic mass is 32.2. The van der Waals surface area contributed by atoms with Gasteiger partial charge in [0.05, 0.1) is 47.1 Å². The molecule has 0 atom stereocenters. The number of nitrogens with zero attached hydrogens (tertiary/aromatic N) is 7. The lowest BCUT2D eigenvalue weighted by atomic mass is 10.1. The van der Waals surface area contributed by atoms with Gasteiger partial charge in [-0.1, -0.05) is 36.4 Å². The van der Waals surface area contributed by atoms with Crippen molar-refractivity contribution in [3.63, 3.8) is 0 Å². The standard InChI is InChI=1S/C35H36N8O8S2/c1-3-36-35-38-33(19-24-13-15-28(22-31(24)50-2)43-41-27-11-7-12-30(21-27)53(47,48)49)37-34(39-35)20-25-14-16-29(42-40-26-9-5-4-6-10-26)23-32(25)51-17-8-18-52(44,45)46/h4-7,9-16,21-23H,3,8,17-20H2,1-2H3,(H,44,45,46)(H,47,48,49)(H,36,37,38,39). The van der Waals surface area contributed by atoms with Gasteiger partial charge in [-0.15, -0.1) is 0 Å². The maximum absolute atomic E-state index is 11.5. The number of rotatable bonds is 17. The van der Waals surface area contributed by atoms with Gasteiger partial charge in [0, 0.05) is 42.6 Å². The zero-order valence-corrected chi connectivity index (χ0v) is 30.3. The molecule has 0 aliphatic carbocycles. The zero-order chi connectivity index (χ0) is 37.8. The Morgan fingerprint density at radius 2 is 1.25 bits per heavy atom. The van der Waals surface area contributed by atoms with Crippen molar-refractivity contribution < 1.29 is 35.4 Å². The van der Waals surface area contributed by atoms with Crippen molar-refractivity contribution >= 4 is 48.9 Å². The van der Waals surface area contributed by atoms with Gasteiger partial charge >= 0.3 is 0 Å². The van der Waals surface area contributed by atoms with Crippen molar-refractivity contribution in [2.24, 2.45) is 20.5 Å². The predicted molar refractivity (Wildman–Crippen MR) is 197 cm³/mol. The lowest BCUT2D eigenvalue weighted by Crippen LogP contribution is -2.12. The van der Waals surface area contributed by atoms with Crippen LogP contribution >= 0.6 is 0 Å². The van der Waals surface area contributed by atoms with Crippen molar-refractivity contribution in [3.05, 3.63) is 114 Å². The highest BCUT2D eigenvalue weighted by Crippen LogP contribution is 2.31. The molecule has 0 radical (unpaired) electrons. The van der Waals surface area contributed by atoms with Crippen molar-refractivity contribution in [2.75, 3.05) is 31.3 Å². The number of anilines is 1. The lowest BCUT2D eigenvalue weighted by Gasteiger charge is -2.13. The quantitative estimate of drug-likeness (QED) is 0.0485. The van der Waals surface area contributed by atoms with Crippen LogP contribution in [-0.4, -0.2) is 66.9 Å². The molecular formula is C35H36N8O8S2. The van der Waals surface area contributed by atoms with Crippen molar-refractivity contribution in [1.82, 2.24) is 15.0 Å². The largest absolute Gasteiger partial charge is 0.496 e. The Morgan fingerprint density at radius 3 is 1.83 bits per heavy atom. The summed E-state index contributed by atoms with van der Waals surface area (Å²) < 4.78 is 75.6. The Labute approximate surface area is 306 Å². The molecule has 18 heteroatoms. The van der Waals surface area contributed by atoms with Crippen LogP contribution in [0.3, 0.4) is 0 Å². The first-order valence-electron chi connectivity index (χ1n) is 16.2. The molecule has 5 aromatic rings. The van der Waals surface area contributed by atoms with Crippen LogP contribution in [0.2, 0.25) is 0 Å². The monoisotopic (exact) mass is 760 g/mol. The number of methoxy groups -OCH3 is 1. The third-order valence-corrected chi connectivity index (χ3v) is 8.97. The summed E-state index contributed by atoms with van der Waals surface area (Å²) in [5, 5.41) is 20.0. The third kappa shape index (κ3) is 11.9. The van der Waals surface area contributed by atoms with Crippen LogP contribution in [0.25, 0.3) is 0 Å². The normalized spacial score (nSPS) is 12.0. The molecule has 0 fully saturated rings. The Morgan fingerprint density at radius 1 is 0.679 bits per heavy atom. The van der Waals surface area contributed by atoms with Crippen LogP contribution in [0.1, 0.15) is 36.1 Å². The van der Waals surface area contributed by atoms with Gasteiger partial charge in [0.2, 0.25) is 5.95 Å². The third-order valence-electron chi connectivity index (χ3n) is 7.32. The number of hydrogen-bond acceptors (Lipinski definition) is 14. The van der Waals surface area contributed by atoms with E-state index in [1.54, 1.807) is 36.4 Å². The summed E-state index contributed by atoms with van der Waals surface area (Å²) in [5.74, 6) is 1.71. The van der Waals surface area contributed by atoms with Gasteiger partial charge in [0.15, 0.2) is 0 Å². The first-order valence-corrected chi connectivity index (χ1v) is 19.2. The lowest BCUT2D eigenvalue weighted by molar-refractivity contribution is 0.313. The molecule has 1 heterocycles. The fourth-order valence-corrected chi connectivity index (χ4v) is 5.89. The SMILES string of the molecule is CCNc1nc(Cc2ccc(N=Nc3cccc(S(=O)(=O)O)c3)cc2OC)nc(Cc2ccc(N=Nc3ccccc3)cc2OCCCS(=O)(=O)O)n1. The second-order valence-corrected chi connectivity index (χ2v) is 14.4. The summed E-state index contributed by atoms with van der Waals surface area (Å²) in [4.78, 5) is 13.6. The molecule has 0 bridgehead atoms. The Bertz CT molecular complexity index is 2320. The molecule has 0 unspecified atom stereocenters. The van der Waals surface area contributed by atoms with Crippen LogP contribution < -0.4 is 14.8 Å². The van der Waals surface area contributed by atoms with E-state index in [4.69, 9.17) is 19.0 Å². The van der Waals surface area contributed by atoms with Crippen molar-refractivity contribution in [1.29, 1.82) is 0 Å². The maximum Gasteiger partial charge on any atom is 0.294 e. The summed E-state index contributed by atoms with van der Waals surface area (Å²) in [6.45, 7) is 2.49. The van der Waals surface area contributed by atoms with Gasteiger partial charge in [-0.2, -0.15) is 47.3 Å².